The first kappa shape index (κ1) is 46.6. The molecule has 2 aromatic rings. The largest absolute Gasteiger partial charge is 0.494 e. The number of allylic oxidation sites excluding steroid dienone is 1. The van der Waals surface area contributed by atoms with Crippen LogP contribution in [0.25, 0.3) is 11.0 Å². The molecule has 4 amide bonds. The predicted octanol–water partition coefficient (Wildman–Crippen LogP) is 5.97. The van der Waals surface area contributed by atoms with Gasteiger partial charge in [-0.15, -0.1) is 0 Å². The molecule has 3 N–H and O–H groups in total. The third-order valence-electron chi connectivity index (χ3n) is 12.2. The van der Waals surface area contributed by atoms with E-state index in [4.69, 9.17) is 9.47 Å². The highest BCUT2D eigenvalue weighted by atomic mass is 32.2. The zero-order valence-electron chi connectivity index (χ0n) is 34.7. The minimum absolute atomic E-state index is 0.00507. The topological polar surface area (TPSA) is 197 Å². The monoisotopic (exact) mass is 904 g/mol. The molecule has 3 fully saturated rings. The second kappa shape index (κ2) is 17.0. The van der Waals surface area contributed by atoms with Crippen LogP contribution in [0.1, 0.15) is 91.7 Å². The molecule has 4 aliphatic rings. The Morgan fingerprint density at radius 1 is 1.05 bits per heavy atom. The van der Waals surface area contributed by atoms with Crippen LogP contribution in [0, 0.1) is 17.8 Å². The minimum Gasteiger partial charge on any atom is -0.494 e. The van der Waals surface area contributed by atoms with Crippen molar-refractivity contribution >= 4 is 44.9 Å². The Labute approximate surface area is 354 Å². The number of benzene rings is 1. The third-order valence-corrected chi connectivity index (χ3v) is 14.0. The van der Waals surface area contributed by atoms with E-state index in [1.807, 2.05) is 4.72 Å². The van der Waals surface area contributed by atoms with Crippen molar-refractivity contribution < 1.29 is 68.5 Å². The number of aromatic nitrogens is 2. The molecule has 62 heavy (non-hydrogen) atoms. The van der Waals surface area contributed by atoms with Gasteiger partial charge in [-0.05, 0) is 83.3 Å². The molecule has 0 unspecified atom stereocenters. The zero-order valence-corrected chi connectivity index (χ0v) is 35.5. The summed E-state index contributed by atoms with van der Waals surface area (Å²) >= 11 is 0. The number of sulfonamides is 1. The number of fused-ring (bicyclic) bond motifs is 3. The van der Waals surface area contributed by atoms with Gasteiger partial charge < -0.3 is 24.8 Å². The van der Waals surface area contributed by atoms with E-state index in [1.165, 1.54) is 18.2 Å². The van der Waals surface area contributed by atoms with Crippen LogP contribution in [0.2, 0.25) is 0 Å². The first-order chi connectivity index (χ1) is 28.8. The van der Waals surface area contributed by atoms with E-state index in [9.17, 15) is 54.3 Å². The number of hydrogen-bond donors (Lipinski definition) is 3. The second-order valence-corrected chi connectivity index (χ2v) is 19.0. The summed E-state index contributed by atoms with van der Waals surface area (Å²) in [6, 6.07) is 0.114. The highest BCUT2D eigenvalue weighted by Gasteiger charge is 2.63. The number of amides is 4. The SMILES string of the molecule is CCOc1ccc2nc(C(F)(F)F)c(O[C@@H]3C[C@H]4C(=O)N[C@]5(C(=O)NS(=O)(=O)C6CC6)C[C@H]5/C=C\CC[C@@H](C)C[C@@H](CC)[C@H](N(C(=O)O)C(C)(C)C(F)(F)F)C(=O)N4C3)nc2c1. The fourth-order valence-corrected chi connectivity index (χ4v) is 9.73. The van der Waals surface area contributed by atoms with E-state index in [2.05, 4.69) is 15.3 Å². The lowest BCUT2D eigenvalue weighted by Gasteiger charge is -2.46. The van der Waals surface area contributed by atoms with Crippen molar-refractivity contribution in [2.45, 2.75) is 133 Å². The Morgan fingerprint density at radius 2 is 1.74 bits per heavy atom. The number of carboxylic acid groups (broad SMARTS) is 1. The number of carbonyl (C=O) groups is 4. The highest BCUT2D eigenvalue weighted by molar-refractivity contribution is 7.91. The number of ether oxygens (including phenoxy) is 2. The zero-order chi connectivity index (χ0) is 45.7. The molecule has 2 saturated carbocycles. The molecular formula is C40H50F6N6O9S. The van der Waals surface area contributed by atoms with Crippen molar-refractivity contribution in [3.8, 4) is 11.6 Å². The van der Waals surface area contributed by atoms with Crippen LogP contribution >= 0.6 is 0 Å². The van der Waals surface area contributed by atoms with Gasteiger partial charge in [0.15, 0.2) is 0 Å². The van der Waals surface area contributed by atoms with Gasteiger partial charge in [-0.3, -0.25) is 24.0 Å². The first-order valence-corrected chi connectivity index (χ1v) is 22.0. The molecule has 0 bridgehead atoms. The molecule has 6 rings (SSSR count). The van der Waals surface area contributed by atoms with Gasteiger partial charge in [0.2, 0.25) is 33.4 Å². The van der Waals surface area contributed by atoms with Gasteiger partial charge in [0.1, 0.15) is 35.0 Å². The minimum atomic E-state index is -5.21. The summed E-state index contributed by atoms with van der Waals surface area (Å²) in [6.07, 6.45) is -9.79. The molecule has 15 nitrogen and oxygen atoms in total. The number of nitrogens with zero attached hydrogens (tertiary/aromatic N) is 4. The average molecular weight is 905 g/mol. The van der Waals surface area contributed by atoms with E-state index in [-0.39, 0.29) is 53.5 Å². The molecule has 2 aliphatic heterocycles. The Kier molecular flexibility index (Phi) is 12.8. The van der Waals surface area contributed by atoms with Gasteiger partial charge in [0.25, 0.3) is 5.91 Å². The maximum atomic E-state index is 15.1. The van der Waals surface area contributed by atoms with Gasteiger partial charge in [0.05, 0.1) is 29.4 Å². The van der Waals surface area contributed by atoms with Crippen molar-refractivity contribution in [3.05, 3.63) is 36.0 Å². The van der Waals surface area contributed by atoms with Gasteiger partial charge in [-0.25, -0.2) is 23.2 Å². The van der Waals surface area contributed by atoms with Crippen LogP contribution in [0.5, 0.6) is 11.6 Å². The number of rotatable bonds is 10. The van der Waals surface area contributed by atoms with Crippen molar-refractivity contribution in [3.63, 3.8) is 0 Å². The Balaban J connectivity index is 1.46. The van der Waals surface area contributed by atoms with Crippen LogP contribution in [0.15, 0.2) is 30.4 Å². The maximum Gasteiger partial charge on any atom is 0.438 e. The van der Waals surface area contributed by atoms with Crippen LogP contribution in [0.4, 0.5) is 31.1 Å². The quantitative estimate of drug-likeness (QED) is 0.188. The van der Waals surface area contributed by atoms with Gasteiger partial charge >= 0.3 is 18.4 Å². The molecule has 2 aliphatic carbocycles. The normalized spacial score (nSPS) is 28.1. The van der Waals surface area contributed by atoms with Crippen molar-refractivity contribution in [1.82, 2.24) is 29.8 Å². The van der Waals surface area contributed by atoms with Crippen LogP contribution in [-0.4, -0.2) is 111 Å². The first-order valence-electron chi connectivity index (χ1n) is 20.5. The van der Waals surface area contributed by atoms with Crippen LogP contribution < -0.4 is 19.5 Å². The fourth-order valence-electron chi connectivity index (χ4n) is 8.37. The lowest BCUT2D eigenvalue weighted by molar-refractivity contribution is -0.222. The van der Waals surface area contributed by atoms with E-state index in [0.29, 0.717) is 39.5 Å². The molecule has 342 valence electrons. The van der Waals surface area contributed by atoms with Gasteiger partial charge in [0, 0.05) is 18.4 Å². The van der Waals surface area contributed by atoms with E-state index in [0.717, 1.165) is 4.90 Å². The molecule has 0 spiro atoms. The van der Waals surface area contributed by atoms with Crippen LogP contribution in [0.3, 0.4) is 0 Å². The summed E-state index contributed by atoms with van der Waals surface area (Å²) < 4.78 is 127. The molecule has 3 heterocycles. The summed E-state index contributed by atoms with van der Waals surface area (Å²) in [5.74, 6) is -6.31. The van der Waals surface area contributed by atoms with Gasteiger partial charge in [-0.2, -0.15) is 26.3 Å². The highest BCUT2D eigenvalue weighted by Crippen LogP contribution is 2.47. The molecule has 7 atom stereocenters. The standard InChI is InChI=1S/C40H50F6N6O9S/c1-6-22-16-21(3)10-8-9-11-23-19-38(23,35(55)50-62(58,59)26-13-14-26)49-32(53)29-18-25(20-51(29)34(54)30(22)52(36(56)57)37(4,5)40(44,45)46)61-33-31(39(41,42)43)47-27-15-12-24(60-7-2)17-28(27)48-33/h9,11-12,15,17,21-23,25-26,29-30H,6-8,10,13-14,16,18-20H2,1-5H3,(H,49,53)(H,50,55)(H,56,57)/b11-9-/t21-,22-,23-,25-,29+,30+,38-/m1/s1. The predicted molar refractivity (Wildman–Crippen MR) is 209 cm³/mol. The molecule has 1 aromatic heterocycles. The Hall–Kier alpha value is -4.89. The van der Waals surface area contributed by atoms with Crippen molar-refractivity contribution in [2.75, 3.05) is 13.2 Å². The average Bonchev–Trinajstić information content (AvgIpc) is 4.10. The Bertz CT molecular complexity index is 2220. The van der Waals surface area contributed by atoms with E-state index >= 15 is 4.79 Å². The lowest BCUT2D eigenvalue weighted by Crippen LogP contribution is -2.66. The smallest absolute Gasteiger partial charge is 0.438 e. The van der Waals surface area contributed by atoms with E-state index < -0.39 is 117 Å². The molecule has 1 aromatic carbocycles. The number of hydrogen-bond acceptors (Lipinski definition) is 10. The fraction of sp³-hybridized carbons (Fsp3) is 0.650. The van der Waals surface area contributed by atoms with Crippen LogP contribution in [-0.2, 0) is 30.6 Å². The maximum absolute atomic E-state index is 15.1. The van der Waals surface area contributed by atoms with E-state index in [1.54, 1.807) is 32.9 Å². The van der Waals surface area contributed by atoms with Crippen molar-refractivity contribution in [2.24, 2.45) is 17.8 Å². The summed E-state index contributed by atoms with van der Waals surface area (Å²) in [4.78, 5) is 65.1. The summed E-state index contributed by atoms with van der Waals surface area (Å²) in [6.45, 7) is 5.72. The number of alkyl halides is 6. The number of halogens is 6. The lowest BCUT2D eigenvalue weighted by atomic mass is 9.82. The Morgan fingerprint density at radius 3 is 2.34 bits per heavy atom. The number of carbonyl (C=O) groups excluding carboxylic acids is 3. The molecule has 22 heteroatoms. The third kappa shape index (κ3) is 9.39. The summed E-state index contributed by atoms with van der Waals surface area (Å²) in [7, 11) is -4.13. The number of nitrogens with one attached hydrogen (secondary N) is 2. The molecule has 0 radical (unpaired) electrons. The summed E-state index contributed by atoms with van der Waals surface area (Å²) in [5.41, 5.74) is -6.85. The summed E-state index contributed by atoms with van der Waals surface area (Å²) in [5, 5.41) is 12.3. The molecule has 1 saturated heterocycles. The second-order valence-electron chi connectivity index (χ2n) is 17.1. The molecular weight excluding hydrogens is 855 g/mol. The van der Waals surface area contributed by atoms with Gasteiger partial charge in [-0.1, -0.05) is 32.4 Å². The van der Waals surface area contributed by atoms with Crippen molar-refractivity contribution in [1.29, 1.82) is 0 Å².